The van der Waals surface area contributed by atoms with Crippen LogP contribution in [0, 0.1) is 0 Å². The zero-order valence-corrected chi connectivity index (χ0v) is 12.7. The first-order valence-corrected chi connectivity index (χ1v) is 7.84. The van der Waals surface area contributed by atoms with Crippen LogP contribution in [0.25, 0.3) is 0 Å². The Hall–Kier alpha value is -1.20. The number of rotatable bonds is 3. The van der Waals surface area contributed by atoms with Crippen LogP contribution in [0.4, 0.5) is 0 Å². The fraction of sp³-hybridized carbons (Fsp3) is 0.286. The molecule has 3 rings (SSSR count). The number of aryl methyl sites for hydroxylation is 2. The summed E-state index contributed by atoms with van der Waals surface area (Å²) in [6.07, 6.45) is 3.66. The summed E-state index contributed by atoms with van der Waals surface area (Å²) < 4.78 is 0.676. The van der Waals surface area contributed by atoms with Gasteiger partial charge in [-0.05, 0) is 59.0 Å². The maximum absolute atomic E-state index is 12.0. The lowest BCUT2D eigenvalue weighted by Gasteiger charge is -2.03. The second-order valence-corrected chi connectivity index (χ2v) is 6.58. The number of hydrogen-bond donors (Lipinski definition) is 1. The van der Waals surface area contributed by atoms with Crippen molar-refractivity contribution in [3.63, 3.8) is 0 Å². The average Bonchev–Trinajstić information content (AvgIpc) is 2.96. The zero-order valence-electron chi connectivity index (χ0n) is 10.3. The van der Waals surface area contributed by atoms with Gasteiger partial charge in [-0.25, -0.2) is 4.98 Å². The summed E-state index contributed by atoms with van der Waals surface area (Å²) in [5, 5.41) is 2.92. The van der Waals surface area contributed by atoms with Gasteiger partial charge in [0.25, 0.3) is 5.91 Å². The van der Waals surface area contributed by atoms with Crippen molar-refractivity contribution >= 4 is 33.2 Å². The number of pyridine rings is 1. The van der Waals surface area contributed by atoms with E-state index in [4.69, 9.17) is 0 Å². The Bertz CT molecular complexity index is 602. The standard InChI is InChI=1S/C14H13BrN2OS/c15-13-6-2-4-11(17-13)14(18)16-8-10-7-9-3-1-5-12(9)19-10/h2,4,6-7H,1,3,5,8H2,(H,16,18). The highest BCUT2D eigenvalue weighted by atomic mass is 79.9. The van der Waals surface area contributed by atoms with Crippen LogP contribution in [0.15, 0.2) is 28.9 Å². The normalized spacial score (nSPS) is 13.3. The van der Waals surface area contributed by atoms with E-state index < -0.39 is 0 Å². The maximum atomic E-state index is 12.0. The van der Waals surface area contributed by atoms with Gasteiger partial charge in [-0.3, -0.25) is 4.79 Å². The molecule has 0 radical (unpaired) electrons. The van der Waals surface area contributed by atoms with Crippen molar-refractivity contribution in [3.05, 3.63) is 49.9 Å². The number of carbonyl (C=O) groups excluding carboxylic acids is 1. The van der Waals surface area contributed by atoms with Crippen molar-refractivity contribution < 1.29 is 4.79 Å². The van der Waals surface area contributed by atoms with Gasteiger partial charge in [0, 0.05) is 9.75 Å². The zero-order chi connectivity index (χ0) is 13.2. The lowest BCUT2D eigenvalue weighted by atomic mass is 10.2. The fourth-order valence-corrected chi connectivity index (χ4v) is 3.81. The Morgan fingerprint density at radius 2 is 2.32 bits per heavy atom. The van der Waals surface area contributed by atoms with E-state index in [0.717, 1.165) is 0 Å². The summed E-state index contributed by atoms with van der Waals surface area (Å²) >= 11 is 5.09. The molecule has 0 aromatic carbocycles. The first-order chi connectivity index (χ1) is 9.22. The summed E-state index contributed by atoms with van der Waals surface area (Å²) in [6.45, 7) is 0.588. The minimum atomic E-state index is -0.130. The number of hydrogen-bond acceptors (Lipinski definition) is 3. The molecule has 1 aliphatic carbocycles. The van der Waals surface area contributed by atoms with E-state index in [-0.39, 0.29) is 5.91 Å². The van der Waals surface area contributed by atoms with Crippen LogP contribution >= 0.6 is 27.3 Å². The maximum Gasteiger partial charge on any atom is 0.270 e. The number of carbonyl (C=O) groups is 1. The molecule has 2 aromatic rings. The fourth-order valence-electron chi connectivity index (χ4n) is 2.27. The average molecular weight is 337 g/mol. The molecule has 0 saturated carbocycles. The van der Waals surface area contributed by atoms with E-state index in [9.17, 15) is 4.79 Å². The number of nitrogens with one attached hydrogen (secondary N) is 1. The predicted molar refractivity (Wildman–Crippen MR) is 79.5 cm³/mol. The summed E-state index contributed by atoms with van der Waals surface area (Å²) in [5.74, 6) is -0.130. The SMILES string of the molecule is O=C(NCc1cc2c(s1)CCC2)c1cccc(Br)n1. The highest BCUT2D eigenvalue weighted by Crippen LogP contribution is 2.30. The van der Waals surface area contributed by atoms with Crippen molar-refractivity contribution in [2.24, 2.45) is 0 Å². The molecular weight excluding hydrogens is 324 g/mol. The minimum Gasteiger partial charge on any atom is -0.346 e. The quantitative estimate of drug-likeness (QED) is 0.873. The molecule has 2 heterocycles. The van der Waals surface area contributed by atoms with Gasteiger partial charge in [0.05, 0.1) is 6.54 Å². The summed E-state index contributed by atoms with van der Waals surface area (Å²) in [5.41, 5.74) is 1.91. The van der Waals surface area contributed by atoms with E-state index in [1.165, 1.54) is 34.6 Å². The molecule has 19 heavy (non-hydrogen) atoms. The highest BCUT2D eigenvalue weighted by Gasteiger charge is 2.15. The number of fused-ring (bicyclic) bond motifs is 1. The molecule has 1 aliphatic rings. The molecule has 0 fully saturated rings. The molecule has 0 saturated heterocycles. The molecule has 2 aromatic heterocycles. The number of thiophene rings is 1. The minimum absolute atomic E-state index is 0.130. The lowest BCUT2D eigenvalue weighted by Crippen LogP contribution is -2.23. The largest absolute Gasteiger partial charge is 0.346 e. The third-order valence-corrected chi connectivity index (χ3v) is 4.85. The Morgan fingerprint density at radius 3 is 3.11 bits per heavy atom. The first-order valence-electron chi connectivity index (χ1n) is 6.23. The van der Waals surface area contributed by atoms with Crippen LogP contribution in [0.1, 0.15) is 32.2 Å². The van der Waals surface area contributed by atoms with E-state index in [1.54, 1.807) is 12.1 Å². The molecule has 98 valence electrons. The van der Waals surface area contributed by atoms with Gasteiger partial charge in [0.15, 0.2) is 0 Å². The molecule has 0 atom stereocenters. The second-order valence-electron chi connectivity index (χ2n) is 4.54. The van der Waals surface area contributed by atoms with Gasteiger partial charge >= 0.3 is 0 Å². The van der Waals surface area contributed by atoms with Gasteiger partial charge in [0.1, 0.15) is 10.3 Å². The van der Waals surface area contributed by atoms with Gasteiger partial charge in [-0.1, -0.05) is 6.07 Å². The number of amides is 1. The molecule has 0 unspecified atom stereocenters. The van der Waals surface area contributed by atoms with Crippen molar-refractivity contribution in [2.75, 3.05) is 0 Å². The third-order valence-electron chi connectivity index (χ3n) is 3.17. The van der Waals surface area contributed by atoms with Crippen LogP contribution in [0.2, 0.25) is 0 Å². The van der Waals surface area contributed by atoms with Crippen LogP contribution in [0.5, 0.6) is 0 Å². The van der Waals surface area contributed by atoms with Crippen LogP contribution in [-0.2, 0) is 19.4 Å². The first kappa shape index (κ1) is 12.8. The predicted octanol–water partition coefficient (Wildman–Crippen LogP) is 3.32. The molecule has 1 amide bonds. The van der Waals surface area contributed by atoms with E-state index in [1.807, 2.05) is 17.4 Å². The van der Waals surface area contributed by atoms with E-state index in [2.05, 4.69) is 32.3 Å². The smallest absolute Gasteiger partial charge is 0.270 e. The van der Waals surface area contributed by atoms with Gasteiger partial charge in [-0.15, -0.1) is 11.3 Å². The summed E-state index contributed by atoms with van der Waals surface area (Å²) in [4.78, 5) is 18.8. The molecule has 1 N–H and O–H groups in total. The van der Waals surface area contributed by atoms with Crippen molar-refractivity contribution in [1.82, 2.24) is 10.3 Å². The number of halogens is 1. The number of nitrogens with zero attached hydrogens (tertiary/aromatic N) is 1. The molecule has 3 nitrogen and oxygen atoms in total. The van der Waals surface area contributed by atoms with Crippen LogP contribution in [0.3, 0.4) is 0 Å². The Morgan fingerprint density at radius 1 is 1.42 bits per heavy atom. The summed E-state index contributed by atoms with van der Waals surface area (Å²) in [7, 11) is 0. The molecule has 0 bridgehead atoms. The third kappa shape index (κ3) is 2.87. The van der Waals surface area contributed by atoms with Crippen LogP contribution < -0.4 is 5.32 Å². The Balaban J connectivity index is 1.64. The van der Waals surface area contributed by atoms with E-state index in [0.29, 0.717) is 16.8 Å². The summed E-state index contributed by atoms with van der Waals surface area (Å²) in [6, 6.07) is 7.56. The lowest BCUT2D eigenvalue weighted by molar-refractivity contribution is 0.0946. The van der Waals surface area contributed by atoms with Crippen molar-refractivity contribution in [3.8, 4) is 0 Å². The molecular formula is C14H13BrN2OS. The highest BCUT2D eigenvalue weighted by molar-refractivity contribution is 9.10. The molecule has 5 heteroatoms. The Labute approximate surface area is 124 Å². The van der Waals surface area contributed by atoms with E-state index >= 15 is 0 Å². The molecule has 0 spiro atoms. The second kappa shape index (κ2) is 5.43. The van der Waals surface area contributed by atoms with Crippen molar-refractivity contribution in [1.29, 1.82) is 0 Å². The van der Waals surface area contributed by atoms with Gasteiger partial charge in [-0.2, -0.15) is 0 Å². The van der Waals surface area contributed by atoms with Gasteiger partial charge in [0.2, 0.25) is 0 Å². The van der Waals surface area contributed by atoms with Gasteiger partial charge < -0.3 is 5.32 Å². The van der Waals surface area contributed by atoms with Crippen molar-refractivity contribution in [2.45, 2.75) is 25.8 Å². The topological polar surface area (TPSA) is 42.0 Å². The molecule has 0 aliphatic heterocycles. The monoisotopic (exact) mass is 336 g/mol. The Kier molecular flexibility index (Phi) is 3.66. The van der Waals surface area contributed by atoms with Crippen LogP contribution in [-0.4, -0.2) is 10.9 Å². The number of aromatic nitrogens is 1.